The van der Waals surface area contributed by atoms with Crippen molar-refractivity contribution in [3.8, 4) is 11.4 Å². The van der Waals surface area contributed by atoms with Gasteiger partial charge in [-0.1, -0.05) is 30.3 Å². The van der Waals surface area contributed by atoms with E-state index in [0.717, 1.165) is 11.3 Å². The monoisotopic (exact) mass is 294 g/mol. The van der Waals surface area contributed by atoms with Crippen molar-refractivity contribution in [2.45, 2.75) is 6.92 Å². The lowest BCUT2D eigenvalue weighted by Gasteiger charge is -1.94. The Labute approximate surface area is 126 Å². The van der Waals surface area contributed by atoms with E-state index >= 15 is 0 Å². The van der Waals surface area contributed by atoms with Gasteiger partial charge in [-0.3, -0.25) is 15.2 Å². The van der Waals surface area contributed by atoms with Crippen LogP contribution in [0.15, 0.2) is 53.0 Å². The largest absolute Gasteiger partial charge is 0.462 e. The molecule has 2 heterocycles. The lowest BCUT2D eigenvalue weighted by atomic mass is 10.2. The molecule has 2 aromatic heterocycles. The van der Waals surface area contributed by atoms with Gasteiger partial charge < -0.3 is 4.42 Å². The molecule has 1 amide bonds. The van der Waals surface area contributed by atoms with E-state index in [1.807, 2.05) is 43.3 Å². The molecule has 0 aliphatic rings. The maximum atomic E-state index is 11.8. The first-order valence-electron chi connectivity index (χ1n) is 6.74. The number of carbonyl (C=O) groups is 1. The highest BCUT2D eigenvalue weighted by atomic mass is 16.3. The summed E-state index contributed by atoms with van der Waals surface area (Å²) >= 11 is 0. The van der Waals surface area contributed by atoms with Crippen molar-refractivity contribution in [1.29, 1.82) is 0 Å². The summed E-state index contributed by atoms with van der Waals surface area (Å²) in [4.78, 5) is 16.0. The second-order valence-electron chi connectivity index (χ2n) is 4.64. The molecule has 6 heteroatoms. The summed E-state index contributed by atoms with van der Waals surface area (Å²) in [6, 6.07) is 13.2. The zero-order chi connectivity index (χ0) is 15.4. The molecule has 0 aliphatic carbocycles. The van der Waals surface area contributed by atoms with E-state index < -0.39 is 0 Å². The Morgan fingerprint density at radius 3 is 2.77 bits per heavy atom. The molecule has 2 N–H and O–H groups in total. The predicted octanol–water partition coefficient (Wildman–Crippen LogP) is 3.03. The van der Waals surface area contributed by atoms with Crippen molar-refractivity contribution >= 4 is 17.9 Å². The highest BCUT2D eigenvalue weighted by Crippen LogP contribution is 2.15. The van der Waals surface area contributed by atoms with Crippen LogP contribution in [0.25, 0.3) is 17.5 Å². The van der Waals surface area contributed by atoms with Gasteiger partial charge in [0.1, 0.15) is 11.5 Å². The fourth-order valence-corrected chi connectivity index (χ4v) is 1.90. The van der Waals surface area contributed by atoms with Gasteiger partial charge in [0, 0.05) is 11.6 Å². The Hall–Kier alpha value is -3.15. The first kappa shape index (κ1) is 13.8. The third-order valence-corrected chi connectivity index (χ3v) is 2.93. The zero-order valence-electron chi connectivity index (χ0n) is 11.9. The molecular weight excluding hydrogens is 280 g/mol. The Morgan fingerprint density at radius 1 is 1.23 bits per heavy atom. The average Bonchev–Trinajstić information content (AvgIpc) is 3.15. The summed E-state index contributed by atoms with van der Waals surface area (Å²) in [5.74, 6) is 1.91. The topological polar surface area (TPSA) is 83.8 Å². The van der Waals surface area contributed by atoms with Gasteiger partial charge in [-0.25, -0.2) is 0 Å². The van der Waals surface area contributed by atoms with Gasteiger partial charge in [-0.15, -0.1) is 5.10 Å². The van der Waals surface area contributed by atoms with Crippen LogP contribution < -0.4 is 5.32 Å². The van der Waals surface area contributed by atoms with E-state index in [2.05, 4.69) is 20.5 Å². The molecule has 6 nitrogen and oxygen atoms in total. The Kier molecular flexibility index (Phi) is 3.82. The van der Waals surface area contributed by atoms with Gasteiger partial charge >= 0.3 is 0 Å². The number of benzene rings is 1. The third kappa shape index (κ3) is 3.29. The maximum absolute atomic E-state index is 11.8. The van der Waals surface area contributed by atoms with E-state index in [4.69, 9.17) is 4.42 Å². The van der Waals surface area contributed by atoms with Gasteiger partial charge in [0.2, 0.25) is 5.95 Å². The first-order valence-corrected chi connectivity index (χ1v) is 6.74. The van der Waals surface area contributed by atoms with Crippen molar-refractivity contribution in [1.82, 2.24) is 15.2 Å². The van der Waals surface area contributed by atoms with Crippen LogP contribution in [-0.2, 0) is 4.79 Å². The molecule has 0 bridgehead atoms. The van der Waals surface area contributed by atoms with E-state index in [-0.39, 0.29) is 11.9 Å². The summed E-state index contributed by atoms with van der Waals surface area (Å²) in [5.41, 5.74) is 0.900. The van der Waals surface area contributed by atoms with Crippen molar-refractivity contribution in [2.75, 3.05) is 5.32 Å². The quantitative estimate of drug-likeness (QED) is 0.724. The molecule has 0 unspecified atom stereocenters. The standard InChI is InChI=1S/C16H14N4O2/c1-11-7-8-13(22-11)9-10-14(21)17-16-18-15(19-20-16)12-5-3-2-4-6-12/h2-10H,1H3,(H2,17,18,19,20,21)/b10-9+. The number of H-pyrrole nitrogens is 1. The fraction of sp³-hybridized carbons (Fsp3) is 0.0625. The third-order valence-electron chi connectivity index (χ3n) is 2.93. The average molecular weight is 294 g/mol. The molecule has 0 atom stereocenters. The molecule has 0 saturated heterocycles. The summed E-state index contributed by atoms with van der Waals surface area (Å²) < 4.78 is 5.34. The number of nitrogens with zero attached hydrogens (tertiary/aromatic N) is 2. The second kappa shape index (κ2) is 6.09. The molecule has 0 saturated carbocycles. The number of aryl methyl sites for hydroxylation is 1. The van der Waals surface area contributed by atoms with E-state index in [1.165, 1.54) is 6.08 Å². The Morgan fingerprint density at radius 2 is 2.05 bits per heavy atom. The minimum absolute atomic E-state index is 0.226. The first-order chi connectivity index (χ1) is 10.7. The molecule has 110 valence electrons. The number of furan rings is 1. The van der Waals surface area contributed by atoms with Crippen molar-refractivity contribution in [3.05, 3.63) is 60.1 Å². The van der Waals surface area contributed by atoms with Crippen LogP contribution in [0.5, 0.6) is 0 Å². The van der Waals surface area contributed by atoms with E-state index in [9.17, 15) is 4.79 Å². The summed E-state index contributed by atoms with van der Waals surface area (Å²) in [7, 11) is 0. The van der Waals surface area contributed by atoms with E-state index in [0.29, 0.717) is 11.6 Å². The van der Waals surface area contributed by atoms with Gasteiger partial charge in [0.25, 0.3) is 5.91 Å². The molecule has 0 fully saturated rings. The van der Waals surface area contributed by atoms with Crippen LogP contribution in [-0.4, -0.2) is 21.1 Å². The highest BCUT2D eigenvalue weighted by Gasteiger charge is 2.07. The summed E-state index contributed by atoms with van der Waals surface area (Å²) in [5, 5.41) is 9.34. The molecule has 3 aromatic rings. The van der Waals surface area contributed by atoms with Gasteiger partial charge in [-0.05, 0) is 25.1 Å². The number of nitrogens with one attached hydrogen (secondary N) is 2. The van der Waals surface area contributed by atoms with Crippen LogP contribution in [0.3, 0.4) is 0 Å². The zero-order valence-corrected chi connectivity index (χ0v) is 11.9. The number of hydrogen-bond donors (Lipinski definition) is 2. The molecular formula is C16H14N4O2. The van der Waals surface area contributed by atoms with Crippen LogP contribution >= 0.6 is 0 Å². The van der Waals surface area contributed by atoms with Crippen molar-refractivity contribution in [2.24, 2.45) is 0 Å². The molecule has 22 heavy (non-hydrogen) atoms. The minimum Gasteiger partial charge on any atom is -0.462 e. The van der Waals surface area contributed by atoms with Crippen LogP contribution in [0, 0.1) is 6.92 Å². The van der Waals surface area contributed by atoms with Crippen molar-refractivity contribution < 1.29 is 9.21 Å². The minimum atomic E-state index is -0.326. The fourth-order valence-electron chi connectivity index (χ4n) is 1.90. The number of rotatable bonds is 4. The van der Waals surface area contributed by atoms with Gasteiger partial charge in [-0.2, -0.15) is 4.98 Å². The van der Waals surface area contributed by atoms with Crippen LogP contribution in [0.4, 0.5) is 5.95 Å². The highest BCUT2D eigenvalue weighted by molar-refractivity contribution is 6.00. The van der Waals surface area contributed by atoms with Gasteiger partial charge in [0.05, 0.1) is 0 Å². The number of aromatic nitrogens is 3. The Bertz CT molecular complexity index is 802. The summed E-state index contributed by atoms with van der Waals surface area (Å²) in [6.07, 6.45) is 2.96. The van der Waals surface area contributed by atoms with Crippen LogP contribution in [0.2, 0.25) is 0 Å². The summed E-state index contributed by atoms with van der Waals surface area (Å²) in [6.45, 7) is 1.84. The molecule has 0 spiro atoms. The molecule has 1 aromatic carbocycles. The number of aromatic amines is 1. The number of carbonyl (C=O) groups excluding carboxylic acids is 1. The lowest BCUT2D eigenvalue weighted by Crippen LogP contribution is -2.09. The predicted molar refractivity (Wildman–Crippen MR) is 82.9 cm³/mol. The Balaban J connectivity index is 1.65. The number of hydrogen-bond acceptors (Lipinski definition) is 4. The van der Waals surface area contributed by atoms with Crippen molar-refractivity contribution in [3.63, 3.8) is 0 Å². The molecule has 3 rings (SSSR count). The SMILES string of the molecule is Cc1ccc(/C=C/C(=O)Nc2n[nH]c(-c3ccccc3)n2)o1. The smallest absolute Gasteiger partial charge is 0.250 e. The molecule has 0 radical (unpaired) electrons. The van der Waals surface area contributed by atoms with Crippen LogP contribution in [0.1, 0.15) is 11.5 Å². The number of amides is 1. The normalized spacial score (nSPS) is 11.0. The maximum Gasteiger partial charge on any atom is 0.250 e. The second-order valence-corrected chi connectivity index (χ2v) is 4.64. The lowest BCUT2D eigenvalue weighted by molar-refractivity contribution is -0.111. The van der Waals surface area contributed by atoms with Gasteiger partial charge in [0.15, 0.2) is 5.82 Å². The molecule has 0 aliphatic heterocycles. The number of anilines is 1. The van der Waals surface area contributed by atoms with E-state index in [1.54, 1.807) is 12.1 Å².